The van der Waals surface area contributed by atoms with Crippen molar-refractivity contribution in [2.75, 3.05) is 13.2 Å². The average molecular weight is 270 g/mol. The number of phenolic OH excluding ortho intramolecular Hbond substituents is 1. The summed E-state index contributed by atoms with van der Waals surface area (Å²) < 4.78 is 11.2. The Balaban J connectivity index is 2.08. The molecule has 0 atom stereocenters. The molecule has 1 heterocycles. The molecule has 0 aromatic heterocycles. The van der Waals surface area contributed by atoms with Crippen LogP contribution in [-0.2, 0) is 15.3 Å². The molecule has 0 unspecified atom stereocenters. The number of hydrogen-bond acceptors (Lipinski definition) is 4. The molecule has 0 bridgehead atoms. The van der Waals surface area contributed by atoms with Crippen LogP contribution >= 0.6 is 0 Å². The van der Waals surface area contributed by atoms with E-state index in [0.29, 0.717) is 18.8 Å². The summed E-state index contributed by atoms with van der Waals surface area (Å²) in [5.74, 6) is -1.92. The maximum Gasteiger partial charge on any atom is 0.261 e. The van der Waals surface area contributed by atoms with E-state index in [1.165, 1.54) is 6.07 Å². The van der Waals surface area contributed by atoms with Gasteiger partial charge in [0.1, 0.15) is 5.75 Å². The number of ether oxygens (including phenoxy) is 2. The number of Topliss-reactive ketones (excluding diaryl/α,β-unsaturated/α-hetero) is 1. The average Bonchev–Trinajstić information content (AvgIpc) is 2.99. The molecule has 2 aromatic carbocycles. The van der Waals surface area contributed by atoms with Crippen molar-refractivity contribution in [3.63, 3.8) is 0 Å². The second kappa shape index (κ2) is 5.07. The van der Waals surface area contributed by atoms with E-state index in [0.717, 1.165) is 0 Å². The number of benzene rings is 2. The third kappa shape index (κ3) is 1.99. The number of aromatic hydroxyl groups is 1. The molecule has 20 heavy (non-hydrogen) atoms. The first-order valence-electron chi connectivity index (χ1n) is 6.40. The molecule has 4 nitrogen and oxygen atoms in total. The van der Waals surface area contributed by atoms with Gasteiger partial charge in [0.25, 0.3) is 5.79 Å². The molecule has 0 amide bonds. The highest BCUT2D eigenvalue weighted by Crippen LogP contribution is 2.36. The van der Waals surface area contributed by atoms with Crippen LogP contribution in [0.25, 0.3) is 0 Å². The molecule has 4 heteroatoms. The first-order chi connectivity index (χ1) is 9.74. The predicted molar refractivity (Wildman–Crippen MR) is 72.5 cm³/mol. The standard InChI is InChI=1S/C16H14O4/c17-14-9-5-4-8-13(14)15(18)16(19-10-11-20-16)12-6-2-1-3-7-12/h1-9,17H,10-11H2. The minimum Gasteiger partial charge on any atom is -0.507 e. The minimum atomic E-state index is -1.46. The number of phenols is 1. The molecule has 1 N–H and O–H groups in total. The van der Waals surface area contributed by atoms with E-state index in [4.69, 9.17) is 9.47 Å². The highest BCUT2D eigenvalue weighted by molar-refractivity contribution is 6.04. The molecule has 1 saturated heterocycles. The lowest BCUT2D eigenvalue weighted by molar-refractivity contribution is -0.126. The van der Waals surface area contributed by atoms with E-state index in [1.807, 2.05) is 18.2 Å². The molecule has 1 aliphatic rings. The van der Waals surface area contributed by atoms with Crippen LogP contribution in [0.15, 0.2) is 54.6 Å². The van der Waals surface area contributed by atoms with Gasteiger partial charge in [-0.05, 0) is 12.1 Å². The fourth-order valence-corrected chi connectivity index (χ4v) is 2.34. The van der Waals surface area contributed by atoms with Gasteiger partial charge in [0.05, 0.1) is 18.8 Å². The normalized spacial score (nSPS) is 17.0. The van der Waals surface area contributed by atoms with E-state index >= 15 is 0 Å². The summed E-state index contributed by atoms with van der Waals surface area (Å²) in [7, 11) is 0. The fraction of sp³-hybridized carbons (Fsp3) is 0.188. The fourth-order valence-electron chi connectivity index (χ4n) is 2.34. The van der Waals surface area contributed by atoms with Crippen LogP contribution in [0.1, 0.15) is 15.9 Å². The number of carbonyl (C=O) groups is 1. The van der Waals surface area contributed by atoms with Gasteiger partial charge in [-0.3, -0.25) is 4.79 Å². The van der Waals surface area contributed by atoms with Crippen molar-refractivity contribution in [1.82, 2.24) is 0 Å². The van der Waals surface area contributed by atoms with E-state index in [2.05, 4.69) is 0 Å². The van der Waals surface area contributed by atoms with E-state index in [9.17, 15) is 9.90 Å². The number of carbonyl (C=O) groups excluding carboxylic acids is 1. The minimum absolute atomic E-state index is 0.0769. The smallest absolute Gasteiger partial charge is 0.261 e. The second-order valence-electron chi connectivity index (χ2n) is 4.53. The van der Waals surface area contributed by atoms with E-state index in [-0.39, 0.29) is 17.1 Å². The van der Waals surface area contributed by atoms with Crippen molar-refractivity contribution in [2.45, 2.75) is 5.79 Å². The third-order valence-corrected chi connectivity index (χ3v) is 3.30. The van der Waals surface area contributed by atoms with Crippen molar-refractivity contribution in [3.8, 4) is 5.75 Å². The maximum atomic E-state index is 12.8. The van der Waals surface area contributed by atoms with Gasteiger partial charge < -0.3 is 14.6 Å². The Morgan fingerprint density at radius 3 is 2.20 bits per heavy atom. The Bertz CT molecular complexity index is 615. The topological polar surface area (TPSA) is 55.8 Å². The van der Waals surface area contributed by atoms with Crippen LogP contribution < -0.4 is 0 Å². The molecule has 1 fully saturated rings. The highest BCUT2D eigenvalue weighted by Gasteiger charge is 2.47. The molecule has 3 rings (SSSR count). The van der Waals surface area contributed by atoms with Crippen molar-refractivity contribution in [3.05, 3.63) is 65.7 Å². The lowest BCUT2D eigenvalue weighted by Crippen LogP contribution is -2.37. The zero-order valence-corrected chi connectivity index (χ0v) is 10.8. The summed E-state index contributed by atoms with van der Waals surface area (Å²) in [6, 6.07) is 15.5. The first-order valence-corrected chi connectivity index (χ1v) is 6.40. The number of rotatable bonds is 3. The lowest BCUT2D eigenvalue weighted by Gasteiger charge is -2.26. The monoisotopic (exact) mass is 270 g/mol. The van der Waals surface area contributed by atoms with Gasteiger partial charge in [-0.15, -0.1) is 0 Å². The summed E-state index contributed by atoms with van der Waals surface area (Å²) >= 11 is 0. The van der Waals surface area contributed by atoms with E-state index in [1.54, 1.807) is 30.3 Å². The Morgan fingerprint density at radius 2 is 1.55 bits per heavy atom. The Kier molecular flexibility index (Phi) is 3.26. The largest absolute Gasteiger partial charge is 0.507 e. The van der Waals surface area contributed by atoms with Crippen LogP contribution in [0.3, 0.4) is 0 Å². The maximum absolute atomic E-state index is 12.8. The van der Waals surface area contributed by atoms with Crippen molar-refractivity contribution in [2.24, 2.45) is 0 Å². The zero-order chi connectivity index (χ0) is 14.0. The molecule has 0 radical (unpaired) electrons. The van der Waals surface area contributed by atoms with Crippen LogP contribution in [0.5, 0.6) is 5.75 Å². The van der Waals surface area contributed by atoms with Crippen LogP contribution in [0, 0.1) is 0 Å². The zero-order valence-electron chi connectivity index (χ0n) is 10.8. The van der Waals surface area contributed by atoms with Crippen molar-refractivity contribution >= 4 is 5.78 Å². The third-order valence-electron chi connectivity index (χ3n) is 3.30. The first kappa shape index (κ1) is 12.8. The predicted octanol–water partition coefficient (Wildman–Crippen LogP) is 2.47. The summed E-state index contributed by atoms with van der Waals surface area (Å²) in [6.07, 6.45) is 0. The molecule has 2 aromatic rings. The summed E-state index contributed by atoms with van der Waals surface area (Å²) in [5, 5.41) is 9.87. The summed E-state index contributed by atoms with van der Waals surface area (Å²) in [6.45, 7) is 0.683. The van der Waals surface area contributed by atoms with Gasteiger partial charge in [-0.25, -0.2) is 0 Å². The summed E-state index contributed by atoms with van der Waals surface area (Å²) in [4.78, 5) is 12.8. The number of para-hydroxylation sites is 1. The van der Waals surface area contributed by atoms with Gasteiger partial charge >= 0.3 is 0 Å². The number of hydrogen-bond donors (Lipinski definition) is 1. The van der Waals surface area contributed by atoms with Crippen molar-refractivity contribution < 1.29 is 19.4 Å². The Morgan fingerprint density at radius 1 is 0.950 bits per heavy atom. The SMILES string of the molecule is O=C(c1ccccc1O)C1(c2ccccc2)OCCO1. The number of ketones is 1. The molecule has 0 spiro atoms. The molecule has 1 aliphatic heterocycles. The van der Waals surface area contributed by atoms with Gasteiger partial charge in [0.15, 0.2) is 0 Å². The Labute approximate surface area is 116 Å². The van der Waals surface area contributed by atoms with Gasteiger partial charge in [-0.1, -0.05) is 42.5 Å². The highest BCUT2D eigenvalue weighted by atomic mass is 16.7. The summed E-state index contributed by atoms with van der Waals surface area (Å²) in [5.41, 5.74) is 0.823. The Hall–Kier alpha value is -2.17. The van der Waals surface area contributed by atoms with Crippen LogP contribution in [-0.4, -0.2) is 24.1 Å². The van der Waals surface area contributed by atoms with Gasteiger partial charge in [-0.2, -0.15) is 0 Å². The van der Waals surface area contributed by atoms with Crippen LogP contribution in [0.4, 0.5) is 0 Å². The quantitative estimate of drug-likeness (QED) is 0.870. The molecular weight excluding hydrogens is 256 g/mol. The van der Waals surface area contributed by atoms with Gasteiger partial charge in [0, 0.05) is 5.56 Å². The van der Waals surface area contributed by atoms with Gasteiger partial charge in [0.2, 0.25) is 5.78 Å². The molecule has 0 aliphatic carbocycles. The molecule has 102 valence electrons. The second-order valence-corrected chi connectivity index (χ2v) is 4.53. The van der Waals surface area contributed by atoms with Crippen LogP contribution in [0.2, 0.25) is 0 Å². The molecular formula is C16H14O4. The van der Waals surface area contributed by atoms with Crippen molar-refractivity contribution in [1.29, 1.82) is 0 Å². The van der Waals surface area contributed by atoms with E-state index < -0.39 is 5.79 Å². The lowest BCUT2D eigenvalue weighted by atomic mass is 9.95. The molecule has 0 saturated carbocycles.